The van der Waals surface area contributed by atoms with Gasteiger partial charge < -0.3 is 49.1 Å². The van der Waals surface area contributed by atoms with Gasteiger partial charge >= 0.3 is 5.97 Å². The number of esters is 1. The topological polar surface area (TPSA) is 162 Å². The lowest BCUT2D eigenvalue weighted by atomic mass is 9.77. The smallest absolute Gasteiger partial charge is 0.311 e. The minimum atomic E-state index is -1.99. The summed E-state index contributed by atoms with van der Waals surface area (Å²) in [4.78, 5) is 27.9. The van der Waals surface area contributed by atoms with Crippen molar-refractivity contribution in [1.82, 2.24) is 5.32 Å². The lowest BCUT2D eigenvalue weighted by molar-refractivity contribution is -0.308. The molecule has 0 unspecified atom stereocenters. The van der Waals surface area contributed by atoms with Crippen molar-refractivity contribution in [3.8, 4) is 0 Å². The van der Waals surface area contributed by atoms with Gasteiger partial charge in [0.15, 0.2) is 24.0 Å². The van der Waals surface area contributed by atoms with Crippen LogP contribution in [-0.2, 0) is 38.0 Å². The number of hydrogen-bond acceptors (Lipinski definition) is 12. The summed E-state index contributed by atoms with van der Waals surface area (Å²) < 4.78 is 38.6. The number of nitrogens with one attached hydrogen (secondary N) is 1. The molecule has 4 aliphatic heterocycles. The lowest BCUT2D eigenvalue weighted by Crippen LogP contribution is -2.59. The number of Topliss-reactive ketones (excluding diaryl/α,β-unsaturated/α-hetero) is 1. The maximum atomic E-state index is 14.0. The second-order valence-corrected chi connectivity index (χ2v) is 16.0. The van der Waals surface area contributed by atoms with Gasteiger partial charge in [-0.2, -0.15) is 0 Å². The molecular formula is C36H61NO11. The second kappa shape index (κ2) is 14.5. The first-order valence-electron chi connectivity index (χ1n) is 17.7. The van der Waals surface area contributed by atoms with Crippen molar-refractivity contribution < 1.29 is 53.3 Å². The summed E-state index contributed by atoms with van der Waals surface area (Å²) in [5.74, 6) is -3.09. The summed E-state index contributed by atoms with van der Waals surface area (Å²) in [6.45, 7) is 19.8. The molecule has 4 N–H and O–H groups in total. The van der Waals surface area contributed by atoms with Crippen molar-refractivity contribution in [1.29, 1.82) is 0 Å². The number of cyclic esters (lactones) is 1. The van der Waals surface area contributed by atoms with Crippen molar-refractivity contribution in [3.63, 3.8) is 0 Å². The number of aliphatic hydroxyl groups is 3. The molecule has 276 valence electrons. The van der Waals surface area contributed by atoms with Crippen LogP contribution in [-0.4, -0.2) is 107 Å². The molecule has 0 aliphatic carbocycles. The van der Waals surface area contributed by atoms with Crippen molar-refractivity contribution >= 4 is 11.8 Å². The predicted octanol–water partition coefficient (Wildman–Crippen LogP) is 3.38. The molecule has 48 heavy (non-hydrogen) atoms. The Hall–Kier alpha value is -1.64. The number of aliphatic hydroxyl groups excluding tert-OH is 2. The third-order valence-electron chi connectivity index (χ3n) is 11.3. The van der Waals surface area contributed by atoms with Gasteiger partial charge in [-0.15, -0.1) is 0 Å². The van der Waals surface area contributed by atoms with Gasteiger partial charge in [-0.1, -0.05) is 27.7 Å². The van der Waals surface area contributed by atoms with Gasteiger partial charge in [-0.25, -0.2) is 0 Å². The number of rotatable bonds is 6. The SMILES string of the molecule is CC[C@H]1OC(=O)[C@H](C)[C@@H](O[C@H]2CC(C)(C)[C@@H](O)[C@H](C)O2)[C@H](C)[C@@H](O[C@@H]2O[C@H](C)C[C@H](NC)[C@H]2O)[C@]2(C)CC(C)=C(O2)[C@H](C)C(=O)[C@]1(C)O. The molecule has 0 aromatic heterocycles. The fourth-order valence-electron chi connectivity index (χ4n) is 8.39. The Morgan fingerprint density at radius 1 is 1.00 bits per heavy atom. The Balaban J connectivity index is 1.83. The highest BCUT2D eigenvalue weighted by molar-refractivity contribution is 5.91. The summed E-state index contributed by atoms with van der Waals surface area (Å²) >= 11 is 0. The fraction of sp³-hybridized carbons (Fsp3) is 0.889. The monoisotopic (exact) mass is 683 g/mol. The minimum Gasteiger partial charge on any atom is -0.488 e. The van der Waals surface area contributed by atoms with Gasteiger partial charge in [-0.05, 0) is 79.3 Å². The highest BCUT2D eigenvalue weighted by Gasteiger charge is 2.55. The molecule has 15 atom stereocenters. The lowest BCUT2D eigenvalue weighted by Gasteiger charge is -2.48. The van der Waals surface area contributed by atoms with Crippen LogP contribution < -0.4 is 5.32 Å². The van der Waals surface area contributed by atoms with Crippen LogP contribution in [0.5, 0.6) is 0 Å². The quantitative estimate of drug-likeness (QED) is 0.303. The van der Waals surface area contributed by atoms with E-state index in [0.29, 0.717) is 25.0 Å². The number of allylic oxidation sites excluding steroid dienone is 1. The summed E-state index contributed by atoms with van der Waals surface area (Å²) in [5, 5.41) is 36.9. The maximum absolute atomic E-state index is 14.0. The van der Waals surface area contributed by atoms with Gasteiger partial charge in [0.05, 0.1) is 36.3 Å². The molecule has 0 spiro atoms. The van der Waals surface area contributed by atoms with E-state index in [0.717, 1.165) is 5.57 Å². The van der Waals surface area contributed by atoms with E-state index in [2.05, 4.69) is 5.32 Å². The van der Waals surface area contributed by atoms with Crippen LogP contribution in [0.2, 0.25) is 0 Å². The van der Waals surface area contributed by atoms with Crippen LogP contribution in [0.4, 0.5) is 0 Å². The fourth-order valence-corrected chi connectivity index (χ4v) is 8.39. The Bertz CT molecular complexity index is 1200. The predicted molar refractivity (Wildman–Crippen MR) is 176 cm³/mol. The van der Waals surface area contributed by atoms with E-state index in [4.69, 9.17) is 28.4 Å². The number of likely N-dealkylation sites (N-methyl/N-ethyl adjacent to an activating group) is 1. The molecule has 4 heterocycles. The number of carbonyl (C=O) groups excluding carboxylic acids is 2. The van der Waals surface area contributed by atoms with Crippen LogP contribution in [0, 0.1) is 23.2 Å². The minimum absolute atomic E-state index is 0.199. The van der Waals surface area contributed by atoms with Gasteiger partial charge in [0.25, 0.3) is 0 Å². The molecule has 2 bridgehead atoms. The molecule has 0 radical (unpaired) electrons. The normalized spacial score (nSPS) is 47.4. The van der Waals surface area contributed by atoms with Gasteiger partial charge in [-0.3, -0.25) is 9.59 Å². The maximum Gasteiger partial charge on any atom is 0.311 e. The van der Waals surface area contributed by atoms with Crippen molar-refractivity contribution in [2.24, 2.45) is 23.2 Å². The number of fused-ring (bicyclic) bond motifs is 2. The van der Waals surface area contributed by atoms with Crippen LogP contribution in [0.25, 0.3) is 0 Å². The van der Waals surface area contributed by atoms with Gasteiger partial charge in [0, 0.05) is 24.8 Å². The zero-order valence-corrected chi connectivity index (χ0v) is 30.9. The van der Waals surface area contributed by atoms with Crippen LogP contribution >= 0.6 is 0 Å². The molecule has 4 aliphatic rings. The summed E-state index contributed by atoms with van der Waals surface area (Å²) in [7, 11) is 1.78. The third-order valence-corrected chi connectivity index (χ3v) is 11.3. The first-order valence-corrected chi connectivity index (χ1v) is 17.7. The molecule has 4 rings (SSSR count). The first kappa shape index (κ1) is 39.2. The Labute approximate surface area is 286 Å². The molecule has 3 fully saturated rings. The largest absolute Gasteiger partial charge is 0.488 e. The zero-order chi connectivity index (χ0) is 36.1. The first-order chi connectivity index (χ1) is 22.2. The Morgan fingerprint density at radius 3 is 2.23 bits per heavy atom. The Morgan fingerprint density at radius 2 is 1.65 bits per heavy atom. The summed E-state index contributed by atoms with van der Waals surface area (Å²) in [6.07, 6.45) is -5.60. The van der Waals surface area contributed by atoms with Crippen molar-refractivity contribution in [2.45, 2.75) is 174 Å². The molecule has 0 aromatic carbocycles. The van der Waals surface area contributed by atoms with Crippen molar-refractivity contribution in [3.05, 3.63) is 11.3 Å². The van der Waals surface area contributed by atoms with E-state index in [9.17, 15) is 24.9 Å². The molecule has 0 amide bonds. The standard InChI is InChI=1S/C36H61NO11/c1-13-24-36(11,42)29(39)19(4)27-17(2)15-35(10,48-27)31(47-33-26(38)23(37-12)14-18(3)43-33)20(5)28(21(6)32(41)45-24)46-25-16-34(8,9)30(40)22(7)44-25/h18-26,28,30-31,33,37-38,40,42H,13-16H2,1-12H3/t18-,19+,20+,21-,22+,23+,24-,25+,26-,28+,30+,31-,33+,35+,36-/m1/s1. The summed E-state index contributed by atoms with van der Waals surface area (Å²) in [6, 6.07) is -0.283. The zero-order valence-electron chi connectivity index (χ0n) is 30.9. The van der Waals surface area contributed by atoms with Gasteiger partial charge in [0.2, 0.25) is 0 Å². The van der Waals surface area contributed by atoms with E-state index < -0.39 is 95.3 Å². The molecule has 3 saturated heterocycles. The van der Waals surface area contributed by atoms with E-state index >= 15 is 0 Å². The third kappa shape index (κ3) is 7.51. The average molecular weight is 684 g/mol. The van der Waals surface area contributed by atoms with Crippen LogP contribution in [0.1, 0.15) is 102 Å². The van der Waals surface area contributed by atoms with Crippen molar-refractivity contribution in [2.75, 3.05) is 7.05 Å². The van der Waals surface area contributed by atoms with E-state index in [-0.39, 0.29) is 18.6 Å². The second-order valence-electron chi connectivity index (χ2n) is 16.0. The summed E-state index contributed by atoms with van der Waals surface area (Å²) in [5.41, 5.74) is -2.79. The molecule has 0 saturated carbocycles. The van der Waals surface area contributed by atoms with Crippen LogP contribution in [0.3, 0.4) is 0 Å². The highest BCUT2D eigenvalue weighted by Crippen LogP contribution is 2.47. The average Bonchev–Trinajstić information content (AvgIpc) is 3.33. The van der Waals surface area contributed by atoms with E-state index in [1.54, 1.807) is 34.7 Å². The Kier molecular flexibility index (Phi) is 11.9. The number of ketones is 1. The molecular weight excluding hydrogens is 622 g/mol. The molecule has 12 nitrogen and oxygen atoms in total. The van der Waals surface area contributed by atoms with E-state index in [1.165, 1.54) is 6.92 Å². The number of hydrogen-bond donors (Lipinski definition) is 4. The molecule has 12 heteroatoms. The highest BCUT2D eigenvalue weighted by atomic mass is 16.7. The number of carbonyl (C=O) groups is 2. The number of ether oxygens (including phenoxy) is 6. The van der Waals surface area contributed by atoms with Crippen LogP contribution in [0.15, 0.2) is 11.3 Å². The molecule has 0 aromatic rings. The van der Waals surface area contributed by atoms with Gasteiger partial charge in [0.1, 0.15) is 29.7 Å². The van der Waals surface area contributed by atoms with E-state index in [1.807, 2.05) is 41.5 Å².